The van der Waals surface area contributed by atoms with Gasteiger partial charge in [-0.1, -0.05) is 31.3 Å². The Hall–Kier alpha value is -1.42. The number of hydrogen-bond acceptors (Lipinski definition) is 2. The zero-order valence-corrected chi connectivity index (χ0v) is 13.0. The molecule has 0 saturated heterocycles. The summed E-state index contributed by atoms with van der Waals surface area (Å²) in [4.78, 5) is 12.8. The molecular formula is C16H22N2OS. The third kappa shape index (κ3) is 2.70. The van der Waals surface area contributed by atoms with Gasteiger partial charge in [0.2, 0.25) is 5.91 Å². The second-order valence-corrected chi connectivity index (χ2v) is 6.09. The summed E-state index contributed by atoms with van der Waals surface area (Å²) in [7, 11) is 0. The van der Waals surface area contributed by atoms with Crippen molar-refractivity contribution in [2.24, 2.45) is 11.1 Å². The molecule has 1 amide bonds. The van der Waals surface area contributed by atoms with E-state index in [1.165, 1.54) is 24.0 Å². The Kier molecular flexibility index (Phi) is 4.43. The molecule has 1 unspecified atom stereocenters. The fourth-order valence-electron chi connectivity index (χ4n) is 2.61. The fraction of sp³-hybridized carbons (Fsp3) is 0.500. The maximum atomic E-state index is 12.5. The first-order valence-corrected chi connectivity index (χ1v) is 7.62. The summed E-state index contributed by atoms with van der Waals surface area (Å²) in [5, 5.41) is 3.04. The number of nitrogens with two attached hydrogens (primary N) is 1. The number of carbonyl (C=O) groups is 1. The number of nitrogens with one attached hydrogen (secondary N) is 1. The van der Waals surface area contributed by atoms with Gasteiger partial charge in [0.25, 0.3) is 0 Å². The molecule has 3 N–H and O–H groups in total. The molecule has 0 radical (unpaired) electrons. The van der Waals surface area contributed by atoms with E-state index in [-0.39, 0.29) is 10.9 Å². The Morgan fingerprint density at radius 1 is 1.40 bits per heavy atom. The zero-order chi connectivity index (χ0) is 14.8. The fourth-order valence-corrected chi connectivity index (χ4v) is 2.84. The van der Waals surface area contributed by atoms with Gasteiger partial charge in [-0.15, -0.1) is 0 Å². The quantitative estimate of drug-likeness (QED) is 0.837. The van der Waals surface area contributed by atoms with Crippen molar-refractivity contribution in [2.45, 2.75) is 46.0 Å². The topological polar surface area (TPSA) is 55.1 Å². The van der Waals surface area contributed by atoms with Crippen LogP contribution < -0.4 is 11.1 Å². The van der Waals surface area contributed by atoms with Gasteiger partial charge in [-0.3, -0.25) is 4.79 Å². The van der Waals surface area contributed by atoms with Gasteiger partial charge in [-0.25, -0.2) is 0 Å². The molecular weight excluding hydrogens is 268 g/mol. The first-order chi connectivity index (χ1) is 9.49. The number of thiocarbonyl (C=S) groups is 1. The second-order valence-electron chi connectivity index (χ2n) is 5.65. The van der Waals surface area contributed by atoms with Gasteiger partial charge in [0.05, 0.1) is 10.4 Å². The third-order valence-electron chi connectivity index (χ3n) is 4.40. The SMILES string of the molecule is CCC(C)(C(=O)Nc1cccc2c1CCCC2)C(N)=S. The van der Waals surface area contributed by atoms with Gasteiger partial charge < -0.3 is 11.1 Å². The standard InChI is InChI=1S/C16H22N2OS/c1-3-16(2,14(17)20)15(19)18-13-10-6-8-11-7-4-5-9-12(11)13/h6,8,10H,3-5,7,9H2,1-2H3,(H2,17,20)(H,18,19). The molecule has 1 aliphatic carbocycles. The highest BCUT2D eigenvalue weighted by Crippen LogP contribution is 2.30. The minimum Gasteiger partial charge on any atom is -0.392 e. The summed E-state index contributed by atoms with van der Waals surface area (Å²) >= 11 is 5.06. The van der Waals surface area contributed by atoms with Crippen molar-refractivity contribution >= 4 is 28.8 Å². The van der Waals surface area contributed by atoms with Gasteiger partial charge in [0.15, 0.2) is 0 Å². The number of benzene rings is 1. The van der Waals surface area contributed by atoms with Crippen molar-refractivity contribution in [1.82, 2.24) is 0 Å². The predicted octanol–water partition coefficient (Wildman–Crippen LogP) is 3.21. The summed E-state index contributed by atoms with van der Waals surface area (Å²) in [6.45, 7) is 3.74. The van der Waals surface area contributed by atoms with Crippen LogP contribution in [0.3, 0.4) is 0 Å². The first kappa shape index (κ1) is 15.0. The van der Waals surface area contributed by atoms with Crippen molar-refractivity contribution in [1.29, 1.82) is 0 Å². The summed E-state index contributed by atoms with van der Waals surface area (Å²) in [5.74, 6) is -0.105. The largest absolute Gasteiger partial charge is 0.392 e. The minimum atomic E-state index is -0.785. The summed E-state index contributed by atoms with van der Waals surface area (Å²) < 4.78 is 0. The monoisotopic (exact) mass is 290 g/mol. The van der Waals surface area contributed by atoms with Crippen LogP contribution in [0.2, 0.25) is 0 Å². The zero-order valence-electron chi connectivity index (χ0n) is 12.2. The molecule has 0 bridgehead atoms. The first-order valence-electron chi connectivity index (χ1n) is 7.21. The summed E-state index contributed by atoms with van der Waals surface area (Å²) in [6, 6.07) is 6.12. The summed E-state index contributed by atoms with van der Waals surface area (Å²) in [6.07, 6.45) is 5.13. The lowest BCUT2D eigenvalue weighted by atomic mass is 9.85. The molecule has 108 valence electrons. The number of fused-ring (bicyclic) bond motifs is 1. The van der Waals surface area contributed by atoms with E-state index in [9.17, 15) is 4.79 Å². The Bertz CT molecular complexity index is 541. The van der Waals surface area contributed by atoms with Gasteiger partial charge in [-0.05, 0) is 56.2 Å². The van der Waals surface area contributed by atoms with Crippen molar-refractivity contribution in [2.75, 3.05) is 5.32 Å². The second kappa shape index (κ2) is 5.92. The van der Waals surface area contributed by atoms with Crippen molar-refractivity contribution in [3.05, 3.63) is 29.3 Å². The van der Waals surface area contributed by atoms with Crippen LogP contribution in [-0.2, 0) is 17.6 Å². The molecule has 0 fully saturated rings. The molecule has 0 saturated carbocycles. The Morgan fingerprint density at radius 3 is 2.75 bits per heavy atom. The average molecular weight is 290 g/mol. The molecule has 0 heterocycles. The number of rotatable bonds is 4. The van der Waals surface area contributed by atoms with E-state index in [4.69, 9.17) is 18.0 Å². The van der Waals surface area contributed by atoms with Gasteiger partial charge in [0.1, 0.15) is 0 Å². The van der Waals surface area contributed by atoms with Gasteiger partial charge in [0, 0.05) is 5.69 Å². The van der Waals surface area contributed by atoms with Crippen LogP contribution in [0, 0.1) is 5.41 Å². The predicted molar refractivity (Wildman–Crippen MR) is 86.9 cm³/mol. The van der Waals surface area contributed by atoms with Crippen molar-refractivity contribution < 1.29 is 4.79 Å². The third-order valence-corrected chi connectivity index (χ3v) is 4.85. The van der Waals surface area contributed by atoms with Crippen LogP contribution in [0.5, 0.6) is 0 Å². The number of anilines is 1. The van der Waals surface area contributed by atoms with Crippen LogP contribution in [0.15, 0.2) is 18.2 Å². The van der Waals surface area contributed by atoms with Gasteiger partial charge >= 0.3 is 0 Å². The Morgan fingerprint density at radius 2 is 2.10 bits per heavy atom. The minimum absolute atomic E-state index is 0.105. The number of amides is 1. The highest BCUT2D eigenvalue weighted by Gasteiger charge is 2.35. The highest BCUT2D eigenvalue weighted by molar-refractivity contribution is 7.80. The lowest BCUT2D eigenvalue weighted by Crippen LogP contribution is -2.43. The van der Waals surface area contributed by atoms with E-state index >= 15 is 0 Å². The van der Waals surface area contributed by atoms with E-state index < -0.39 is 5.41 Å². The van der Waals surface area contributed by atoms with Crippen LogP contribution in [0.25, 0.3) is 0 Å². The van der Waals surface area contributed by atoms with Crippen molar-refractivity contribution in [3.63, 3.8) is 0 Å². The molecule has 2 rings (SSSR count). The van der Waals surface area contributed by atoms with Crippen molar-refractivity contribution in [3.8, 4) is 0 Å². The molecule has 1 aliphatic rings. The Labute approximate surface area is 125 Å². The smallest absolute Gasteiger partial charge is 0.237 e. The van der Waals surface area contributed by atoms with Crippen LogP contribution in [0.4, 0.5) is 5.69 Å². The molecule has 1 aromatic carbocycles. The molecule has 20 heavy (non-hydrogen) atoms. The lowest BCUT2D eigenvalue weighted by Gasteiger charge is -2.27. The average Bonchev–Trinajstić information content (AvgIpc) is 2.46. The molecule has 0 aliphatic heterocycles. The normalized spacial score (nSPS) is 16.9. The molecule has 1 aromatic rings. The van der Waals surface area contributed by atoms with E-state index in [1.54, 1.807) is 6.92 Å². The van der Waals surface area contributed by atoms with E-state index in [0.717, 1.165) is 18.5 Å². The van der Waals surface area contributed by atoms with Crippen LogP contribution in [-0.4, -0.2) is 10.9 Å². The van der Waals surface area contributed by atoms with E-state index in [1.807, 2.05) is 19.1 Å². The molecule has 1 atom stereocenters. The highest BCUT2D eigenvalue weighted by atomic mass is 32.1. The Balaban J connectivity index is 2.26. The number of aryl methyl sites for hydroxylation is 1. The molecule has 3 nitrogen and oxygen atoms in total. The number of hydrogen-bond donors (Lipinski definition) is 2. The maximum Gasteiger partial charge on any atom is 0.237 e. The number of carbonyl (C=O) groups excluding carboxylic acids is 1. The van der Waals surface area contributed by atoms with E-state index in [0.29, 0.717) is 6.42 Å². The molecule has 4 heteroatoms. The molecule has 0 aromatic heterocycles. The summed E-state index contributed by atoms with van der Waals surface area (Å²) in [5.41, 5.74) is 8.50. The van der Waals surface area contributed by atoms with E-state index in [2.05, 4.69) is 11.4 Å². The van der Waals surface area contributed by atoms with Crippen LogP contribution in [0.1, 0.15) is 44.2 Å². The van der Waals surface area contributed by atoms with Crippen LogP contribution >= 0.6 is 12.2 Å². The lowest BCUT2D eigenvalue weighted by molar-refractivity contribution is -0.121. The molecule has 0 spiro atoms. The van der Waals surface area contributed by atoms with Gasteiger partial charge in [-0.2, -0.15) is 0 Å². The maximum absolute atomic E-state index is 12.5.